The maximum absolute atomic E-state index is 13.0. The molecule has 1 aliphatic heterocycles. The van der Waals surface area contributed by atoms with Gasteiger partial charge in [-0.25, -0.2) is 0 Å². The van der Waals surface area contributed by atoms with Crippen LogP contribution < -0.4 is 5.32 Å². The van der Waals surface area contributed by atoms with E-state index in [4.69, 9.17) is 0 Å². The first-order valence-corrected chi connectivity index (χ1v) is 7.54. The quantitative estimate of drug-likeness (QED) is 0.833. The second kappa shape index (κ2) is 4.80. The zero-order valence-electron chi connectivity index (χ0n) is 12.6. The molecule has 1 atom stereocenters. The molecule has 1 saturated carbocycles. The molecule has 0 radical (unpaired) electrons. The van der Waals surface area contributed by atoms with Crippen LogP contribution in [0.1, 0.15) is 66.2 Å². The van der Waals surface area contributed by atoms with Crippen LogP contribution in [0.2, 0.25) is 0 Å². The van der Waals surface area contributed by atoms with Crippen molar-refractivity contribution in [2.24, 2.45) is 0 Å². The second-order valence-electron chi connectivity index (χ2n) is 6.49. The van der Waals surface area contributed by atoms with Crippen LogP contribution in [0.5, 0.6) is 0 Å². The van der Waals surface area contributed by atoms with Gasteiger partial charge in [-0.3, -0.25) is 9.59 Å². The first kappa shape index (κ1) is 14.4. The molecule has 0 aromatic heterocycles. The molecule has 2 fully saturated rings. The van der Waals surface area contributed by atoms with Crippen molar-refractivity contribution in [2.75, 3.05) is 0 Å². The van der Waals surface area contributed by atoms with Crippen molar-refractivity contribution in [3.8, 4) is 0 Å². The van der Waals surface area contributed by atoms with Gasteiger partial charge in [0.2, 0.25) is 11.8 Å². The Kier molecular flexibility index (Phi) is 3.63. The van der Waals surface area contributed by atoms with Crippen LogP contribution in [0.15, 0.2) is 0 Å². The molecule has 4 heteroatoms. The lowest BCUT2D eigenvalue weighted by atomic mass is 9.75. The molecule has 0 bridgehead atoms. The van der Waals surface area contributed by atoms with E-state index in [2.05, 4.69) is 5.32 Å². The lowest BCUT2D eigenvalue weighted by molar-refractivity contribution is -0.166. The van der Waals surface area contributed by atoms with Crippen molar-refractivity contribution in [3.63, 3.8) is 0 Å². The van der Waals surface area contributed by atoms with Crippen LogP contribution in [0, 0.1) is 0 Å². The molecule has 19 heavy (non-hydrogen) atoms. The largest absolute Gasteiger partial charge is 0.340 e. The number of rotatable bonds is 2. The lowest BCUT2D eigenvalue weighted by Gasteiger charge is -2.53. The summed E-state index contributed by atoms with van der Waals surface area (Å²) in [7, 11) is 0. The van der Waals surface area contributed by atoms with Crippen LogP contribution in [0.4, 0.5) is 0 Å². The van der Waals surface area contributed by atoms with Crippen LogP contribution >= 0.6 is 0 Å². The third-order valence-electron chi connectivity index (χ3n) is 4.91. The van der Waals surface area contributed by atoms with Crippen LogP contribution in [0.25, 0.3) is 0 Å². The molecule has 1 spiro atoms. The Morgan fingerprint density at radius 1 is 1.21 bits per heavy atom. The average Bonchev–Trinajstić information content (AvgIpc) is 2.37. The number of hydrogen-bond acceptors (Lipinski definition) is 2. The van der Waals surface area contributed by atoms with Gasteiger partial charge in [-0.05, 0) is 40.0 Å². The maximum atomic E-state index is 13.0. The standard InChI is InChI=1S/C15H26N2O2/c1-5-14(4)12(18)16-15(9-7-6-8-10-15)13(19)17(14)11(2)3/h11H,5-10H2,1-4H3,(H,16,18). The summed E-state index contributed by atoms with van der Waals surface area (Å²) in [5.74, 6) is 0.149. The molecule has 2 rings (SSSR count). The summed E-state index contributed by atoms with van der Waals surface area (Å²) in [6, 6.07) is 0.0577. The first-order valence-electron chi connectivity index (χ1n) is 7.54. The van der Waals surface area contributed by atoms with E-state index in [1.807, 2.05) is 32.6 Å². The molecule has 2 aliphatic rings. The summed E-state index contributed by atoms with van der Waals surface area (Å²) >= 11 is 0. The van der Waals surface area contributed by atoms with Gasteiger partial charge in [-0.1, -0.05) is 26.2 Å². The van der Waals surface area contributed by atoms with Crippen molar-refractivity contribution < 1.29 is 9.59 Å². The number of nitrogens with zero attached hydrogens (tertiary/aromatic N) is 1. The molecular weight excluding hydrogens is 240 g/mol. The normalized spacial score (nSPS) is 30.9. The molecule has 1 heterocycles. The van der Waals surface area contributed by atoms with E-state index in [0.717, 1.165) is 32.1 Å². The molecule has 0 aromatic carbocycles. The zero-order valence-corrected chi connectivity index (χ0v) is 12.6. The van der Waals surface area contributed by atoms with E-state index in [1.165, 1.54) is 0 Å². The van der Waals surface area contributed by atoms with E-state index in [9.17, 15) is 9.59 Å². The Morgan fingerprint density at radius 3 is 2.26 bits per heavy atom. The van der Waals surface area contributed by atoms with Crippen LogP contribution in [-0.4, -0.2) is 33.8 Å². The van der Waals surface area contributed by atoms with Crippen LogP contribution in [-0.2, 0) is 9.59 Å². The molecule has 108 valence electrons. The van der Waals surface area contributed by atoms with E-state index in [0.29, 0.717) is 6.42 Å². The fourth-order valence-electron chi connectivity index (χ4n) is 3.60. The van der Waals surface area contributed by atoms with Gasteiger partial charge >= 0.3 is 0 Å². The third-order valence-corrected chi connectivity index (χ3v) is 4.91. The maximum Gasteiger partial charge on any atom is 0.249 e. The number of carbonyl (C=O) groups is 2. The molecule has 1 aliphatic carbocycles. The predicted octanol–water partition coefficient (Wildman–Crippen LogP) is 2.22. The predicted molar refractivity (Wildman–Crippen MR) is 74.6 cm³/mol. The van der Waals surface area contributed by atoms with Gasteiger partial charge in [0.1, 0.15) is 11.1 Å². The SMILES string of the molecule is CCC1(C)C(=O)NC2(CCCCC2)C(=O)N1C(C)C. The van der Waals surface area contributed by atoms with E-state index >= 15 is 0 Å². The monoisotopic (exact) mass is 266 g/mol. The first-order chi connectivity index (χ1) is 8.87. The van der Waals surface area contributed by atoms with Crippen molar-refractivity contribution in [3.05, 3.63) is 0 Å². The third kappa shape index (κ3) is 2.05. The van der Waals surface area contributed by atoms with Crippen molar-refractivity contribution >= 4 is 11.8 Å². The Bertz CT molecular complexity index is 386. The molecule has 1 N–H and O–H groups in total. The topological polar surface area (TPSA) is 49.4 Å². The van der Waals surface area contributed by atoms with Gasteiger partial charge in [-0.2, -0.15) is 0 Å². The van der Waals surface area contributed by atoms with Gasteiger partial charge in [0, 0.05) is 6.04 Å². The van der Waals surface area contributed by atoms with E-state index < -0.39 is 11.1 Å². The molecule has 4 nitrogen and oxygen atoms in total. The highest BCUT2D eigenvalue weighted by Gasteiger charge is 2.56. The summed E-state index contributed by atoms with van der Waals surface area (Å²) in [6.07, 6.45) is 5.46. The highest BCUT2D eigenvalue weighted by Crippen LogP contribution is 2.38. The summed E-state index contributed by atoms with van der Waals surface area (Å²) in [5, 5.41) is 3.08. The van der Waals surface area contributed by atoms with Crippen molar-refractivity contribution in [2.45, 2.75) is 83.3 Å². The summed E-state index contributed by atoms with van der Waals surface area (Å²) in [4.78, 5) is 27.4. The highest BCUT2D eigenvalue weighted by atomic mass is 16.2. The van der Waals surface area contributed by atoms with E-state index in [1.54, 1.807) is 0 Å². The zero-order chi connectivity index (χ0) is 14.3. The number of amides is 2. The number of piperazine rings is 1. The lowest BCUT2D eigenvalue weighted by Crippen LogP contribution is -2.76. The number of carbonyl (C=O) groups excluding carboxylic acids is 2. The fourth-order valence-corrected chi connectivity index (χ4v) is 3.60. The minimum Gasteiger partial charge on any atom is -0.340 e. The van der Waals surface area contributed by atoms with Crippen molar-refractivity contribution in [1.82, 2.24) is 10.2 Å². The number of nitrogens with one attached hydrogen (secondary N) is 1. The molecular formula is C15H26N2O2. The van der Waals surface area contributed by atoms with Gasteiger partial charge in [0.05, 0.1) is 0 Å². The Labute approximate surface area is 115 Å². The van der Waals surface area contributed by atoms with E-state index in [-0.39, 0.29) is 17.9 Å². The molecule has 1 saturated heterocycles. The molecule has 0 aromatic rings. The summed E-state index contributed by atoms with van der Waals surface area (Å²) < 4.78 is 0. The minimum atomic E-state index is -0.700. The minimum absolute atomic E-state index is 0.0187. The number of hydrogen-bond donors (Lipinski definition) is 1. The molecule has 1 unspecified atom stereocenters. The Morgan fingerprint density at radius 2 is 1.79 bits per heavy atom. The Hall–Kier alpha value is -1.06. The second-order valence-corrected chi connectivity index (χ2v) is 6.49. The smallest absolute Gasteiger partial charge is 0.249 e. The van der Waals surface area contributed by atoms with Gasteiger partial charge in [0.15, 0.2) is 0 Å². The average molecular weight is 266 g/mol. The Balaban J connectivity index is 2.40. The van der Waals surface area contributed by atoms with Gasteiger partial charge < -0.3 is 10.2 Å². The fraction of sp³-hybridized carbons (Fsp3) is 0.867. The summed E-state index contributed by atoms with van der Waals surface area (Å²) in [5.41, 5.74) is -1.32. The van der Waals surface area contributed by atoms with Crippen LogP contribution in [0.3, 0.4) is 0 Å². The van der Waals surface area contributed by atoms with Crippen molar-refractivity contribution in [1.29, 1.82) is 0 Å². The van der Waals surface area contributed by atoms with Gasteiger partial charge in [0.25, 0.3) is 0 Å². The summed E-state index contributed by atoms with van der Waals surface area (Å²) in [6.45, 7) is 7.86. The van der Waals surface area contributed by atoms with Gasteiger partial charge in [-0.15, -0.1) is 0 Å². The molecule has 2 amide bonds. The highest BCUT2D eigenvalue weighted by molar-refractivity contribution is 6.02.